The van der Waals surface area contributed by atoms with Crippen molar-refractivity contribution in [2.24, 2.45) is 0 Å². The zero-order chi connectivity index (χ0) is 23.0. The van der Waals surface area contributed by atoms with Crippen LogP contribution in [0.2, 0.25) is 10.0 Å². The van der Waals surface area contributed by atoms with Gasteiger partial charge in [0.25, 0.3) is 5.91 Å². The molecule has 32 heavy (non-hydrogen) atoms. The Bertz CT molecular complexity index is 1290. The van der Waals surface area contributed by atoms with Gasteiger partial charge in [0.05, 0.1) is 46.1 Å². The molecule has 0 aliphatic rings. The van der Waals surface area contributed by atoms with E-state index in [2.05, 4.69) is 25.6 Å². The van der Waals surface area contributed by atoms with Crippen LogP contribution in [0.25, 0.3) is 11.5 Å². The summed E-state index contributed by atoms with van der Waals surface area (Å²) in [6.07, 6.45) is -0.441. The molecule has 0 saturated heterocycles. The van der Waals surface area contributed by atoms with Gasteiger partial charge >= 0.3 is 6.18 Å². The van der Waals surface area contributed by atoms with Crippen LogP contribution in [0, 0.1) is 5.82 Å². The Hall–Kier alpha value is -3.51. The first-order valence-corrected chi connectivity index (χ1v) is 9.35. The molecular weight excluding hydrogens is 477 g/mol. The van der Waals surface area contributed by atoms with E-state index in [0.29, 0.717) is 6.20 Å². The van der Waals surface area contributed by atoms with E-state index in [0.717, 1.165) is 17.1 Å². The Labute approximate surface area is 186 Å². The van der Waals surface area contributed by atoms with Gasteiger partial charge in [0, 0.05) is 0 Å². The van der Waals surface area contributed by atoms with Gasteiger partial charge in [0.1, 0.15) is 11.5 Å². The number of alkyl halides is 3. The zero-order valence-corrected chi connectivity index (χ0v) is 17.0. The lowest BCUT2D eigenvalue weighted by molar-refractivity contribution is -0.143. The number of anilines is 1. The average Bonchev–Trinajstić information content (AvgIpc) is 3.38. The van der Waals surface area contributed by atoms with Crippen molar-refractivity contribution in [3.63, 3.8) is 0 Å². The molecule has 0 spiro atoms. The van der Waals surface area contributed by atoms with Crippen LogP contribution >= 0.6 is 23.2 Å². The number of carbonyl (C=O) groups excluding carboxylic acids is 1. The van der Waals surface area contributed by atoms with Crippen LogP contribution in [-0.4, -0.2) is 35.7 Å². The molecule has 14 heteroatoms. The highest BCUT2D eigenvalue weighted by atomic mass is 35.5. The van der Waals surface area contributed by atoms with Gasteiger partial charge in [-0.05, 0) is 18.2 Å². The monoisotopic (exact) mass is 485 g/mol. The number of amides is 1. The van der Waals surface area contributed by atoms with E-state index < -0.39 is 34.8 Å². The molecule has 0 unspecified atom stereocenters. The second kappa shape index (κ2) is 8.20. The average molecular weight is 486 g/mol. The Morgan fingerprint density at radius 3 is 2.38 bits per heavy atom. The third kappa shape index (κ3) is 4.01. The standard InChI is InChI=1S/C18H9Cl2F4N7O/c19-11-2-1-3-13(21)14(11)30-15(18(22,23)24)10(8-28-30)17(32)29-9-6-12(20)16(25-7-9)31-26-4-5-27-31/h1-8H,(H,29,32). The number of aromatic nitrogens is 6. The van der Waals surface area contributed by atoms with E-state index in [4.69, 9.17) is 23.2 Å². The van der Waals surface area contributed by atoms with Gasteiger partial charge in [-0.25, -0.2) is 14.1 Å². The molecule has 8 nitrogen and oxygen atoms in total. The Morgan fingerprint density at radius 1 is 1.03 bits per heavy atom. The fourth-order valence-corrected chi connectivity index (χ4v) is 3.30. The van der Waals surface area contributed by atoms with E-state index in [1.165, 1.54) is 30.6 Å². The zero-order valence-electron chi connectivity index (χ0n) is 15.5. The molecule has 0 fully saturated rings. The minimum atomic E-state index is -5.06. The van der Waals surface area contributed by atoms with Crippen molar-refractivity contribution in [2.45, 2.75) is 6.18 Å². The highest BCUT2D eigenvalue weighted by molar-refractivity contribution is 6.32. The van der Waals surface area contributed by atoms with Gasteiger partial charge in [0.2, 0.25) is 0 Å². The maximum atomic E-state index is 14.2. The van der Waals surface area contributed by atoms with Crippen molar-refractivity contribution in [1.29, 1.82) is 0 Å². The molecule has 3 aromatic heterocycles. The number of para-hydroxylation sites is 1. The summed E-state index contributed by atoms with van der Waals surface area (Å²) in [7, 11) is 0. The summed E-state index contributed by atoms with van der Waals surface area (Å²) in [4.78, 5) is 17.7. The molecule has 0 atom stereocenters. The predicted octanol–water partition coefficient (Wildman–Crippen LogP) is 4.57. The first-order chi connectivity index (χ1) is 15.2. The molecule has 0 bridgehead atoms. The van der Waals surface area contributed by atoms with E-state index in [1.807, 2.05) is 0 Å². The minimum absolute atomic E-state index is 0.000652. The second-order valence-electron chi connectivity index (χ2n) is 6.19. The second-order valence-corrected chi connectivity index (χ2v) is 7.00. The first-order valence-electron chi connectivity index (χ1n) is 8.60. The highest BCUT2D eigenvalue weighted by Crippen LogP contribution is 2.36. The van der Waals surface area contributed by atoms with Crippen molar-refractivity contribution < 1.29 is 22.4 Å². The number of pyridine rings is 1. The fraction of sp³-hybridized carbons (Fsp3) is 0.0556. The molecular formula is C18H9Cl2F4N7O. The number of nitrogens with one attached hydrogen (secondary N) is 1. The third-order valence-corrected chi connectivity index (χ3v) is 4.70. The molecule has 4 rings (SSSR count). The number of hydrogen-bond acceptors (Lipinski definition) is 5. The summed E-state index contributed by atoms with van der Waals surface area (Å²) >= 11 is 12.0. The predicted molar refractivity (Wildman–Crippen MR) is 106 cm³/mol. The van der Waals surface area contributed by atoms with Crippen molar-refractivity contribution in [3.05, 3.63) is 76.2 Å². The fourth-order valence-electron chi connectivity index (χ4n) is 2.82. The number of halogens is 6. The number of benzene rings is 1. The molecule has 164 valence electrons. The van der Waals surface area contributed by atoms with Crippen LogP contribution in [-0.2, 0) is 6.18 Å². The van der Waals surface area contributed by atoms with Crippen molar-refractivity contribution >= 4 is 34.8 Å². The molecule has 0 radical (unpaired) electrons. The molecule has 4 aromatic rings. The highest BCUT2D eigenvalue weighted by Gasteiger charge is 2.41. The largest absolute Gasteiger partial charge is 0.434 e. The van der Waals surface area contributed by atoms with Gasteiger partial charge in [-0.2, -0.15) is 28.5 Å². The smallest absolute Gasteiger partial charge is 0.320 e. The van der Waals surface area contributed by atoms with Gasteiger partial charge < -0.3 is 5.32 Å². The summed E-state index contributed by atoms with van der Waals surface area (Å²) in [6, 6.07) is 4.61. The molecule has 0 aliphatic heterocycles. The molecule has 0 saturated carbocycles. The quantitative estimate of drug-likeness (QED) is 0.427. The lowest BCUT2D eigenvalue weighted by atomic mass is 10.2. The van der Waals surface area contributed by atoms with Crippen molar-refractivity contribution in [2.75, 3.05) is 5.32 Å². The first kappa shape index (κ1) is 21.7. The van der Waals surface area contributed by atoms with E-state index in [-0.39, 0.29) is 26.2 Å². The van der Waals surface area contributed by atoms with Crippen LogP contribution in [0.15, 0.2) is 49.1 Å². The maximum absolute atomic E-state index is 14.2. The van der Waals surface area contributed by atoms with E-state index >= 15 is 0 Å². The molecule has 1 amide bonds. The number of hydrogen-bond donors (Lipinski definition) is 1. The maximum Gasteiger partial charge on any atom is 0.434 e. The Kier molecular flexibility index (Phi) is 5.57. The summed E-state index contributed by atoms with van der Waals surface area (Å²) in [5, 5.41) is 13.3. The van der Waals surface area contributed by atoms with Crippen LogP contribution < -0.4 is 5.32 Å². The van der Waals surface area contributed by atoms with Gasteiger partial charge in [0.15, 0.2) is 11.5 Å². The third-order valence-electron chi connectivity index (χ3n) is 4.12. The van der Waals surface area contributed by atoms with Gasteiger partial charge in [-0.1, -0.05) is 29.3 Å². The molecule has 0 aliphatic carbocycles. The Morgan fingerprint density at radius 2 is 1.75 bits per heavy atom. The lowest BCUT2D eigenvalue weighted by Gasteiger charge is -2.14. The van der Waals surface area contributed by atoms with Gasteiger partial charge in [-0.15, -0.1) is 4.80 Å². The lowest BCUT2D eigenvalue weighted by Crippen LogP contribution is -2.21. The summed E-state index contributed by atoms with van der Waals surface area (Å²) in [6.45, 7) is 0. The number of nitrogens with zero attached hydrogens (tertiary/aromatic N) is 6. The summed E-state index contributed by atoms with van der Waals surface area (Å²) in [5.74, 6) is -2.07. The van der Waals surface area contributed by atoms with Crippen molar-refractivity contribution in [3.8, 4) is 11.5 Å². The number of rotatable bonds is 4. The Balaban J connectivity index is 1.71. The summed E-state index contributed by atoms with van der Waals surface area (Å²) < 4.78 is 55.9. The molecule has 1 aromatic carbocycles. The molecule has 1 N–H and O–H groups in total. The van der Waals surface area contributed by atoms with E-state index in [1.54, 1.807) is 0 Å². The van der Waals surface area contributed by atoms with Crippen molar-refractivity contribution in [1.82, 2.24) is 29.8 Å². The SMILES string of the molecule is O=C(Nc1cnc(-n2nccn2)c(Cl)c1)c1cnn(-c2c(F)cccc2Cl)c1C(F)(F)F. The van der Waals surface area contributed by atoms with Crippen LogP contribution in [0.4, 0.5) is 23.2 Å². The topological polar surface area (TPSA) is 90.5 Å². The van der Waals surface area contributed by atoms with E-state index in [9.17, 15) is 22.4 Å². The number of carbonyl (C=O) groups is 1. The normalized spacial score (nSPS) is 11.6. The minimum Gasteiger partial charge on any atom is -0.320 e. The van der Waals surface area contributed by atoms with Crippen LogP contribution in [0.3, 0.4) is 0 Å². The molecule has 3 heterocycles. The van der Waals surface area contributed by atoms with Gasteiger partial charge in [-0.3, -0.25) is 4.79 Å². The summed E-state index contributed by atoms with van der Waals surface area (Å²) in [5.41, 5.74) is -2.99. The van der Waals surface area contributed by atoms with Crippen LogP contribution in [0.1, 0.15) is 16.1 Å². The van der Waals surface area contributed by atoms with Crippen LogP contribution in [0.5, 0.6) is 0 Å².